The van der Waals surface area contributed by atoms with Crippen LogP contribution < -0.4 is 16.0 Å². The van der Waals surface area contributed by atoms with Crippen LogP contribution in [0.1, 0.15) is 31.2 Å². The van der Waals surface area contributed by atoms with Crippen molar-refractivity contribution in [3.05, 3.63) is 60.1 Å². The number of amides is 3. The Bertz CT molecular complexity index is 639. The van der Waals surface area contributed by atoms with E-state index >= 15 is 0 Å². The van der Waals surface area contributed by atoms with E-state index in [4.69, 9.17) is 4.42 Å². The molecule has 0 saturated carbocycles. The maximum absolute atomic E-state index is 11.9. The zero-order valence-electron chi connectivity index (χ0n) is 13.9. The molecule has 128 valence electrons. The highest BCUT2D eigenvalue weighted by atomic mass is 16.3. The zero-order chi connectivity index (χ0) is 17.4. The highest BCUT2D eigenvalue weighted by Gasteiger charge is 2.17. The number of carbonyl (C=O) groups is 2. The van der Waals surface area contributed by atoms with E-state index in [0.717, 1.165) is 5.56 Å². The second kappa shape index (κ2) is 8.88. The van der Waals surface area contributed by atoms with E-state index in [-0.39, 0.29) is 25.0 Å². The van der Waals surface area contributed by atoms with Crippen molar-refractivity contribution in [2.24, 2.45) is 5.92 Å². The lowest BCUT2D eigenvalue weighted by Crippen LogP contribution is -2.44. The normalized spacial score (nSPS) is 12.0. The third-order valence-electron chi connectivity index (χ3n) is 3.56. The molecule has 0 radical (unpaired) electrons. The molecule has 0 fully saturated rings. The molecule has 2 rings (SSSR count). The second-order valence-corrected chi connectivity index (χ2v) is 5.82. The van der Waals surface area contributed by atoms with Crippen molar-refractivity contribution in [2.45, 2.75) is 26.4 Å². The Morgan fingerprint density at radius 1 is 1.08 bits per heavy atom. The summed E-state index contributed by atoms with van der Waals surface area (Å²) in [6, 6.07) is 12.9. The molecule has 1 heterocycles. The molecule has 3 amide bonds. The van der Waals surface area contributed by atoms with Gasteiger partial charge in [-0.3, -0.25) is 10.1 Å². The molecule has 0 bridgehead atoms. The summed E-state index contributed by atoms with van der Waals surface area (Å²) in [6.07, 6.45) is 1.53. The minimum atomic E-state index is -0.543. The van der Waals surface area contributed by atoms with Crippen molar-refractivity contribution in [2.75, 3.05) is 6.54 Å². The molecule has 24 heavy (non-hydrogen) atoms. The van der Waals surface area contributed by atoms with Gasteiger partial charge in [-0.25, -0.2) is 4.79 Å². The van der Waals surface area contributed by atoms with Gasteiger partial charge >= 0.3 is 6.03 Å². The molecule has 1 atom stereocenters. The SMILES string of the molecule is CC(C)[C@H](NCC(=O)NC(=O)NCc1ccco1)c1ccccc1. The van der Waals surface area contributed by atoms with Crippen LogP contribution in [0.15, 0.2) is 53.1 Å². The number of urea groups is 1. The van der Waals surface area contributed by atoms with Crippen LogP contribution in [-0.4, -0.2) is 18.5 Å². The van der Waals surface area contributed by atoms with Gasteiger partial charge in [0.1, 0.15) is 5.76 Å². The first-order valence-corrected chi connectivity index (χ1v) is 7.94. The average Bonchev–Trinajstić information content (AvgIpc) is 3.07. The van der Waals surface area contributed by atoms with Crippen molar-refractivity contribution in [1.82, 2.24) is 16.0 Å². The summed E-state index contributed by atoms with van der Waals surface area (Å²) in [5.41, 5.74) is 1.11. The van der Waals surface area contributed by atoms with E-state index in [9.17, 15) is 9.59 Å². The van der Waals surface area contributed by atoms with E-state index in [0.29, 0.717) is 11.7 Å². The number of furan rings is 1. The summed E-state index contributed by atoms with van der Waals surface area (Å²) in [6.45, 7) is 4.46. The third kappa shape index (κ3) is 5.55. The maximum atomic E-state index is 11.9. The number of rotatable bonds is 7. The van der Waals surface area contributed by atoms with E-state index in [2.05, 4.69) is 29.8 Å². The van der Waals surface area contributed by atoms with Crippen molar-refractivity contribution in [1.29, 1.82) is 0 Å². The molecule has 0 aliphatic heterocycles. The average molecular weight is 329 g/mol. The van der Waals surface area contributed by atoms with E-state index in [1.807, 2.05) is 30.3 Å². The van der Waals surface area contributed by atoms with Crippen LogP contribution in [0.25, 0.3) is 0 Å². The summed E-state index contributed by atoms with van der Waals surface area (Å²) < 4.78 is 5.10. The van der Waals surface area contributed by atoms with Gasteiger partial charge in [-0.05, 0) is 23.6 Å². The predicted octanol–water partition coefficient (Wildman–Crippen LogP) is 2.59. The monoisotopic (exact) mass is 329 g/mol. The number of hydrogen-bond donors (Lipinski definition) is 3. The fraction of sp³-hybridized carbons (Fsp3) is 0.333. The molecule has 0 aliphatic rings. The van der Waals surface area contributed by atoms with Crippen LogP contribution in [0.5, 0.6) is 0 Å². The highest BCUT2D eigenvalue weighted by Crippen LogP contribution is 2.20. The molecule has 3 N–H and O–H groups in total. The molecular formula is C18H23N3O3. The lowest BCUT2D eigenvalue weighted by Gasteiger charge is -2.22. The highest BCUT2D eigenvalue weighted by molar-refractivity contribution is 5.95. The number of carbonyl (C=O) groups excluding carboxylic acids is 2. The van der Waals surface area contributed by atoms with Gasteiger partial charge in [-0.2, -0.15) is 0 Å². The Morgan fingerprint density at radius 3 is 2.46 bits per heavy atom. The van der Waals surface area contributed by atoms with Crippen molar-refractivity contribution < 1.29 is 14.0 Å². The lowest BCUT2D eigenvalue weighted by atomic mass is 9.96. The molecule has 0 saturated heterocycles. The Balaban J connectivity index is 1.77. The molecule has 1 aromatic carbocycles. The van der Waals surface area contributed by atoms with Gasteiger partial charge in [0.25, 0.3) is 0 Å². The smallest absolute Gasteiger partial charge is 0.321 e. The summed E-state index contributed by atoms with van der Waals surface area (Å²) in [5.74, 6) is 0.557. The lowest BCUT2D eigenvalue weighted by molar-refractivity contribution is -0.119. The largest absolute Gasteiger partial charge is 0.467 e. The van der Waals surface area contributed by atoms with Gasteiger partial charge in [-0.1, -0.05) is 44.2 Å². The number of benzene rings is 1. The first-order chi connectivity index (χ1) is 11.6. The summed E-state index contributed by atoms with van der Waals surface area (Å²) in [4.78, 5) is 23.6. The molecule has 0 unspecified atom stereocenters. The molecule has 6 heteroatoms. The van der Waals surface area contributed by atoms with Crippen molar-refractivity contribution in [3.8, 4) is 0 Å². The second-order valence-electron chi connectivity index (χ2n) is 5.82. The number of imide groups is 1. The van der Waals surface area contributed by atoms with Crippen molar-refractivity contribution >= 4 is 11.9 Å². The van der Waals surface area contributed by atoms with Gasteiger partial charge in [0.2, 0.25) is 5.91 Å². The summed E-state index contributed by atoms with van der Waals surface area (Å²) >= 11 is 0. The van der Waals surface area contributed by atoms with Gasteiger partial charge in [0.05, 0.1) is 19.4 Å². The fourth-order valence-corrected chi connectivity index (χ4v) is 2.40. The van der Waals surface area contributed by atoms with Crippen LogP contribution >= 0.6 is 0 Å². The molecular weight excluding hydrogens is 306 g/mol. The van der Waals surface area contributed by atoms with Crippen LogP contribution in [-0.2, 0) is 11.3 Å². The van der Waals surface area contributed by atoms with Crippen LogP contribution in [0.3, 0.4) is 0 Å². The minimum Gasteiger partial charge on any atom is -0.467 e. The molecule has 0 spiro atoms. The standard InChI is InChI=1S/C18H23N3O3/c1-13(2)17(14-7-4-3-5-8-14)19-12-16(22)21-18(23)20-11-15-9-6-10-24-15/h3-10,13,17,19H,11-12H2,1-2H3,(H2,20,21,22,23)/t17-/m0/s1. The van der Waals surface area contributed by atoms with E-state index in [1.54, 1.807) is 12.1 Å². The quantitative estimate of drug-likeness (QED) is 0.729. The van der Waals surface area contributed by atoms with Gasteiger partial charge in [-0.15, -0.1) is 0 Å². The van der Waals surface area contributed by atoms with Gasteiger partial charge in [0, 0.05) is 6.04 Å². The van der Waals surface area contributed by atoms with Crippen LogP contribution in [0, 0.1) is 5.92 Å². The molecule has 1 aromatic heterocycles. The molecule has 0 aliphatic carbocycles. The Labute approximate surface area is 141 Å². The van der Waals surface area contributed by atoms with E-state index < -0.39 is 6.03 Å². The van der Waals surface area contributed by atoms with Crippen molar-refractivity contribution in [3.63, 3.8) is 0 Å². The summed E-state index contributed by atoms with van der Waals surface area (Å²) in [5, 5.41) is 8.06. The Morgan fingerprint density at radius 2 is 1.83 bits per heavy atom. The van der Waals surface area contributed by atoms with Crippen LogP contribution in [0.4, 0.5) is 4.79 Å². The Kier molecular flexibility index (Phi) is 6.57. The Hall–Kier alpha value is -2.60. The maximum Gasteiger partial charge on any atom is 0.321 e. The fourth-order valence-electron chi connectivity index (χ4n) is 2.40. The van der Waals surface area contributed by atoms with Gasteiger partial charge < -0.3 is 15.1 Å². The predicted molar refractivity (Wildman–Crippen MR) is 91.1 cm³/mol. The zero-order valence-corrected chi connectivity index (χ0v) is 13.9. The van der Waals surface area contributed by atoms with E-state index in [1.165, 1.54) is 6.26 Å². The summed E-state index contributed by atoms with van der Waals surface area (Å²) in [7, 11) is 0. The molecule has 6 nitrogen and oxygen atoms in total. The minimum absolute atomic E-state index is 0.0446. The topological polar surface area (TPSA) is 83.4 Å². The van der Waals surface area contributed by atoms with Crippen LogP contribution in [0.2, 0.25) is 0 Å². The number of nitrogens with one attached hydrogen (secondary N) is 3. The third-order valence-corrected chi connectivity index (χ3v) is 3.56. The first-order valence-electron chi connectivity index (χ1n) is 7.94. The molecule has 2 aromatic rings. The van der Waals surface area contributed by atoms with Gasteiger partial charge in [0.15, 0.2) is 0 Å². The first kappa shape index (κ1) is 17.7. The number of hydrogen-bond acceptors (Lipinski definition) is 4.